The number of nitrogens with zero attached hydrogens (tertiary/aromatic N) is 1. The number of aromatic nitrogens is 1. The van der Waals surface area contributed by atoms with Crippen LogP contribution >= 0.6 is 0 Å². The van der Waals surface area contributed by atoms with Gasteiger partial charge in [0, 0.05) is 18.7 Å². The van der Waals surface area contributed by atoms with E-state index in [1.807, 2.05) is 0 Å². The second-order valence-corrected chi connectivity index (χ2v) is 4.04. The first-order valence-corrected chi connectivity index (χ1v) is 5.66. The first-order chi connectivity index (χ1) is 8.73. The van der Waals surface area contributed by atoms with Crippen molar-refractivity contribution in [3.63, 3.8) is 0 Å². The molecule has 0 saturated heterocycles. The second kappa shape index (κ2) is 6.03. The van der Waals surface area contributed by atoms with Crippen molar-refractivity contribution in [2.45, 2.75) is 32.5 Å². The molecular weight excluding hydrogens is 269 g/mol. The van der Waals surface area contributed by atoms with Gasteiger partial charge >= 0.3 is 6.18 Å². The lowest BCUT2D eigenvalue weighted by Gasteiger charge is -2.17. The van der Waals surface area contributed by atoms with Crippen LogP contribution in [-0.4, -0.2) is 23.7 Å². The van der Waals surface area contributed by atoms with Crippen molar-refractivity contribution in [2.24, 2.45) is 0 Å². The Hall–Kier alpha value is -1.60. The third-order valence-corrected chi connectivity index (χ3v) is 2.19. The van der Waals surface area contributed by atoms with Crippen LogP contribution in [0, 0.1) is 11.6 Å². The lowest BCUT2D eigenvalue weighted by Crippen LogP contribution is -2.25. The Morgan fingerprint density at radius 1 is 1.21 bits per heavy atom. The highest BCUT2D eigenvalue weighted by molar-refractivity contribution is 5.47. The van der Waals surface area contributed by atoms with E-state index in [9.17, 15) is 22.0 Å². The fraction of sp³-hybridized carbons (Fsp3) is 0.545. The van der Waals surface area contributed by atoms with E-state index in [1.54, 1.807) is 6.92 Å². The molecule has 19 heavy (non-hydrogen) atoms. The average Bonchev–Trinajstić information content (AvgIpc) is 2.22. The van der Waals surface area contributed by atoms with Crippen LogP contribution in [0.3, 0.4) is 0 Å². The van der Waals surface area contributed by atoms with Gasteiger partial charge in [0.15, 0.2) is 23.3 Å². The zero-order valence-corrected chi connectivity index (χ0v) is 10.4. The number of alkyl halides is 3. The van der Waals surface area contributed by atoms with Gasteiger partial charge in [-0.3, -0.25) is 0 Å². The zero-order chi connectivity index (χ0) is 14.6. The summed E-state index contributed by atoms with van der Waals surface area (Å²) in [4.78, 5) is 3.59. The highest BCUT2D eigenvalue weighted by atomic mass is 19.4. The van der Waals surface area contributed by atoms with Crippen molar-refractivity contribution >= 4 is 11.6 Å². The van der Waals surface area contributed by atoms with Crippen LogP contribution in [0.15, 0.2) is 6.07 Å². The molecule has 1 unspecified atom stereocenters. The SMILES string of the molecule is CCNc1nc(NC(C)CC(F)(F)F)c(F)cc1F. The smallest absolute Gasteiger partial charge is 0.368 e. The molecule has 0 aliphatic heterocycles. The van der Waals surface area contributed by atoms with Crippen LogP contribution in [0.5, 0.6) is 0 Å². The Balaban J connectivity index is 2.85. The van der Waals surface area contributed by atoms with Gasteiger partial charge in [0.05, 0.1) is 6.42 Å². The molecule has 1 atom stereocenters. The van der Waals surface area contributed by atoms with Crippen molar-refractivity contribution in [1.82, 2.24) is 4.98 Å². The molecule has 1 heterocycles. The minimum absolute atomic E-state index is 0.203. The highest BCUT2D eigenvalue weighted by Crippen LogP contribution is 2.25. The summed E-state index contributed by atoms with van der Waals surface area (Å²) in [6, 6.07) is -0.491. The quantitative estimate of drug-likeness (QED) is 0.811. The van der Waals surface area contributed by atoms with Gasteiger partial charge in [0.25, 0.3) is 0 Å². The Morgan fingerprint density at radius 3 is 2.32 bits per heavy atom. The van der Waals surface area contributed by atoms with Crippen molar-refractivity contribution in [1.29, 1.82) is 0 Å². The summed E-state index contributed by atoms with van der Waals surface area (Å²) in [5.74, 6) is -2.54. The zero-order valence-electron chi connectivity index (χ0n) is 10.4. The topological polar surface area (TPSA) is 37.0 Å². The first kappa shape index (κ1) is 15.5. The summed E-state index contributed by atoms with van der Waals surface area (Å²) in [6.07, 6.45) is -5.50. The molecular formula is C11H14F5N3. The van der Waals surface area contributed by atoms with E-state index in [-0.39, 0.29) is 5.82 Å². The molecule has 1 aromatic rings. The van der Waals surface area contributed by atoms with Crippen molar-refractivity contribution in [3.8, 4) is 0 Å². The number of halogens is 5. The average molecular weight is 283 g/mol. The van der Waals surface area contributed by atoms with Crippen LogP contribution < -0.4 is 10.6 Å². The van der Waals surface area contributed by atoms with Crippen LogP contribution in [0.25, 0.3) is 0 Å². The number of anilines is 2. The number of rotatable bonds is 5. The molecule has 0 saturated carbocycles. The van der Waals surface area contributed by atoms with Crippen LogP contribution in [-0.2, 0) is 0 Å². The Bertz CT molecular complexity index is 433. The van der Waals surface area contributed by atoms with E-state index in [0.29, 0.717) is 12.6 Å². The molecule has 1 aromatic heterocycles. The van der Waals surface area contributed by atoms with E-state index in [2.05, 4.69) is 15.6 Å². The summed E-state index contributed by atoms with van der Waals surface area (Å²) in [6.45, 7) is 3.28. The van der Waals surface area contributed by atoms with Gasteiger partial charge in [-0.05, 0) is 13.8 Å². The molecule has 0 fully saturated rings. The Kier molecular flexibility index (Phi) is 4.90. The minimum Gasteiger partial charge on any atom is -0.368 e. The number of nitrogens with one attached hydrogen (secondary N) is 2. The van der Waals surface area contributed by atoms with Gasteiger partial charge in [0.2, 0.25) is 0 Å². The number of hydrogen-bond acceptors (Lipinski definition) is 3. The Labute approximate surface area is 107 Å². The van der Waals surface area contributed by atoms with Crippen LogP contribution in [0.4, 0.5) is 33.6 Å². The lowest BCUT2D eigenvalue weighted by molar-refractivity contribution is -0.136. The van der Waals surface area contributed by atoms with E-state index in [1.165, 1.54) is 6.92 Å². The first-order valence-electron chi connectivity index (χ1n) is 5.66. The van der Waals surface area contributed by atoms with Crippen LogP contribution in [0.2, 0.25) is 0 Å². The molecule has 2 N–H and O–H groups in total. The molecule has 0 aromatic carbocycles. The minimum atomic E-state index is -4.37. The van der Waals surface area contributed by atoms with E-state index < -0.39 is 36.1 Å². The Morgan fingerprint density at radius 2 is 1.79 bits per heavy atom. The second-order valence-electron chi connectivity index (χ2n) is 4.04. The molecule has 0 bridgehead atoms. The predicted octanol–water partition coefficient (Wildman–Crippen LogP) is 3.54. The standard InChI is InChI=1S/C11H14F5N3/c1-3-17-9-7(12)4-8(13)10(19-9)18-6(2)5-11(14,15)16/h4,6H,3,5H2,1-2H3,(H2,17,18,19). The molecule has 3 nitrogen and oxygen atoms in total. The van der Waals surface area contributed by atoms with E-state index in [4.69, 9.17) is 0 Å². The molecule has 108 valence electrons. The van der Waals surface area contributed by atoms with Gasteiger partial charge in [-0.15, -0.1) is 0 Å². The van der Waals surface area contributed by atoms with Gasteiger partial charge < -0.3 is 10.6 Å². The molecule has 0 aliphatic carbocycles. The third-order valence-electron chi connectivity index (χ3n) is 2.19. The molecule has 0 aliphatic rings. The fourth-order valence-electron chi connectivity index (χ4n) is 1.49. The molecule has 0 spiro atoms. The molecule has 0 radical (unpaired) electrons. The maximum Gasteiger partial charge on any atom is 0.391 e. The van der Waals surface area contributed by atoms with Crippen molar-refractivity contribution in [3.05, 3.63) is 17.7 Å². The maximum atomic E-state index is 13.4. The molecule has 8 heteroatoms. The molecule has 0 amide bonds. The van der Waals surface area contributed by atoms with E-state index in [0.717, 1.165) is 0 Å². The monoisotopic (exact) mass is 283 g/mol. The largest absolute Gasteiger partial charge is 0.391 e. The number of hydrogen-bond donors (Lipinski definition) is 2. The third kappa shape index (κ3) is 4.88. The summed E-state index contributed by atoms with van der Waals surface area (Å²) in [5, 5.41) is 4.83. The molecule has 1 rings (SSSR count). The fourth-order valence-corrected chi connectivity index (χ4v) is 1.49. The summed E-state index contributed by atoms with van der Waals surface area (Å²) < 4.78 is 63.1. The summed E-state index contributed by atoms with van der Waals surface area (Å²) in [5.41, 5.74) is 0. The van der Waals surface area contributed by atoms with Crippen molar-refractivity contribution in [2.75, 3.05) is 17.2 Å². The van der Waals surface area contributed by atoms with Crippen LogP contribution in [0.1, 0.15) is 20.3 Å². The highest BCUT2D eigenvalue weighted by Gasteiger charge is 2.30. The predicted molar refractivity (Wildman–Crippen MR) is 62.1 cm³/mol. The van der Waals surface area contributed by atoms with Gasteiger partial charge in [-0.1, -0.05) is 0 Å². The van der Waals surface area contributed by atoms with Crippen molar-refractivity contribution < 1.29 is 22.0 Å². The lowest BCUT2D eigenvalue weighted by atomic mass is 10.2. The number of pyridine rings is 1. The van der Waals surface area contributed by atoms with Gasteiger partial charge in [-0.2, -0.15) is 13.2 Å². The summed E-state index contributed by atoms with van der Waals surface area (Å²) in [7, 11) is 0. The van der Waals surface area contributed by atoms with Gasteiger partial charge in [-0.25, -0.2) is 13.8 Å². The normalized spacial score (nSPS) is 13.2. The summed E-state index contributed by atoms with van der Waals surface area (Å²) >= 11 is 0. The van der Waals surface area contributed by atoms with Gasteiger partial charge in [0.1, 0.15) is 0 Å². The maximum absolute atomic E-state index is 13.4. The van der Waals surface area contributed by atoms with E-state index >= 15 is 0 Å².